The summed E-state index contributed by atoms with van der Waals surface area (Å²) >= 11 is 0. The van der Waals surface area contributed by atoms with Gasteiger partial charge in [0.25, 0.3) is 0 Å². The summed E-state index contributed by atoms with van der Waals surface area (Å²) in [6.07, 6.45) is 7.49. The minimum absolute atomic E-state index is 0.0545. The van der Waals surface area contributed by atoms with Crippen molar-refractivity contribution >= 4 is 17.8 Å². The van der Waals surface area contributed by atoms with E-state index in [-0.39, 0.29) is 6.03 Å². The van der Waals surface area contributed by atoms with Crippen LogP contribution in [-0.2, 0) is 0 Å². The van der Waals surface area contributed by atoms with Gasteiger partial charge < -0.3 is 4.90 Å². The maximum Gasteiger partial charge on any atom is 0.324 e. The normalized spacial score (nSPS) is 15.1. The Kier molecular flexibility index (Phi) is 3.96. The Balaban J connectivity index is 1.61. The molecular formula is C17H17N3O. The molecule has 4 nitrogen and oxygen atoms in total. The minimum atomic E-state index is 0.0545. The number of benzene rings is 1. The summed E-state index contributed by atoms with van der Waals surface area (Å²) in [5.74, 6) is 0. The van der Waals surface area contributed by atoms with Gasteiger partial charge in [-0.15, -0.1) is 0 Å². The van der Waals surface area contributed by atoms with Crippen molar-refractivity contribution in [2.45, 2.75) is 0 Å². The van der Waals surface area contributed by atoms with E-state index in [1.807, 2.05) is 59.5 Å². The highest BCUT2D eigenvalue weighted by atomic mass is 16.2. The van der Waals surface area contributed by atoms with Crippen molar-refractivity contribution in [1.29, 1.82) is 0 Å². The molecule has 0 bridgehead atoms. The van der Waals surface area contributed by atoms with E-state index in [9.17, 15) is 4.79 Å². The molecule has 2 aromatic rings. The summed E-state index contributed by atoms with van der Waals surface area (Å²) in [6, 6.07) is 13.9. The molecule has 1 aliphatic rings. The number of amides is 2. The van der Waals surface area contributed by atoms with Gasteiger partial charge in [-0.25, -0.2) is 4.79 Å². The van der Waals surface area contributed by atoms with Gasteiger partial charge in [0.05, 0.1) is 0 Å². The number of anilines is 1. The highest BCUT2D eigenvalue weighted by molar-refractivity contribution is 5.94. The number of aromatic nitrogens is 1. The van der Waals surface area contributed by atoms with Crippen LogP contribution in [0, 0.1) is 0 Å². The van der Waals surface area contributed by atoms with E-state index in [1.165, 1.54) is 0 Å². The van der Waals surface area contributed by atoms with Crippen molar-refractivity contribution in [3.05, 3.63) is 66.5 Å². The second-order valence-electron chi connectivity index (χ2n) is 4.90. The molecule has 1 aliphatic heterocycles. The predicted octanol–water partition coefficient (Wildman–Crippen LogP) is 3.04. The standard InChI is InChI=1S/C17H17N3O/c21-17-19(12-4-7-15-5-2-1-3-6-15)13-14-20(17)16-8-10-18-11-9-16/h1-11H,12-14H2/b7-4+. The van der Waals surface area contributed by atoms with Crippen LogP contribution in [0.3, 0.4) is 0 Å². The number of carbonyl (C=O) groups is 1. The topological polar surface area (TPSA) is 36.4 Å². The van der Waals surface area contributed by atoms with Crippen molar-refractivity contribution in [3.8, 4) is 0 Å². The molecule has 0 N–H and O–H groups in total. The highest BCUT2D eigenvalue weighted by Gasteiger charge is 2.28. The fourth-order valence-corrected chi connectivity index (χ4v) is 2.40. The zero-order chi connectivity index (χ0) is 14.5. The predicted molar refractivity (Wildman–Crippen MR) is 84.0 cm³/mol. The quantitative estimate of drug-likeness (QED) is 0.862. The van der Waals surface area contributed by atoms with Gasteiger partial charge >= 0.3 is 6.03 Å². The lowest BCUT2D eigenvalue weighted by molar-refractivity contribution is 0.225. The van der Waals surface area contributed by atoms with Crippen molar-refractivity contribution < 1.29 is 4.79 Å². The van der Waals surface area contributed by atoms with Crippen molar-refractivity contribution in [2.75, 3.05) is 24.5 Å². The first-order valence-electron chi connectivity index (χ1n) is 7.02. The maximum atomic E-state index is 12.3. The van der Waals surface area contributed by atoms with Gasteiger partial charge in [0.1, 0.15) is 0 Å². The van der Waals surface area contributed by atoms with Crippen LogP contribution < -0.4 is 4.90 Å². The molecule has 0 atom stereocenters. The van der Waals surface area contributed by atoms with Gasteiger partial charge in [0.15, 0.2) is 0 Å². The number of urea groups is 1. The van der Waals surface area contributed by atoms with Gasteiger partial charge in [-0.3, -0.25) is 9.88 Å². The lowest BCUT2D eigenvalue weighted by Gasteiger charge is -2.17. The van der Waals surface area contributed by atoms with Crippen LogP contribution in [0.4, 0.5) is 10.5 Å². The summed E-state index contributed by atoms with van der Waals surface area (Å²) in [5.41, 5.74) is 2.06. The number of rotatable bonds is 4. The summed E-state index contributed by atoms with van der Waals surface area (Å²) in [4.78, 5) is 20.0. The first kappa shape index (κ1) is 13.4. The fourth-order valence-electron chi connectivity index (χ4n) is 2.40. The molecule has 2 amide bonds. The van der Waals surface area contributed by atoms with E-state index in [0.29, 0.717) is 6.54 Å². The molecule has 0 aliphatic carbocycles. The maximum absolute atomic E-state index is 12.3. The second kappa shape index (κ2) is 6.22. The first-order valence-corrected chi connectivity index (χ1v) is 7.02. The largest absolute Gasteiger partial charge is 0.324 e. The molecule has 1 saturated heterocycles. The van der Waals surface area contributed by atoms with Crippen LogP contribution in [0.15, 0.2) is 60.9 Å². The van der Waals surface area contributed by atoms with Crippen LogP contribution in [0.2, 0.25) is 0 Å². The molecule has 3 rings (SSSR count). The summed E-state index contributed by atoms with van der Waals surface area (Å²) in [5, 5.41) is 0. The Morgan fingerprint density at radius 1 is 1.05 bits per heavy atom. The average molecular weight is 279 g/mol. The molecule has 1 fully saturated rings. The monoisotopic (exact) mass is 279 g/mol. The zero-order valence-electron chi connectivity index (χ0n) is 11.7. The smallest absolute Gasteiger partial charge is 0.319 e. The zero-order valence-corrected chi connectivity index (χ0v) is 11.7. The SMILES string of the molecule is O=C1N(C/C=C/c2ccccc2)CCN1c1ccncc1. The van der Waals surface area contributed by atoms with Crippen molar-refractivity contribution in [2.24, 2.45) is 0 Å². The Labute approximate surface area is 124 Å². The molecule has 0 radical (unpaired) electrons. The van der Waals surface area contributed by atoms with E-state index in [1.54, 1.807) is 17.3 Å². The number of nitrogens with zero attached hydrogens (tertiary/aromatic N) is 3. The molecule has 21 heavy (non-hydrogen) atoms. The van der Waals surface area contributed by atoms with E-state index in [4.69, 9.17) is 0 Å². The molecule has 0 saturated carbocycles. The highest BCUT2D eigenvalue weighted by Crippen LogP contribution is 2.19. The summed E-state index contributed by atoms with van der Waals surface area (Å²) < 4.78 is 0. The third kappa shape index (κ3) is 3.11. The number of pyridine rings is 1. The summed E-state index contributed by atoms with van der Waals surface area (Å²) in [6.45, 7) is 2.11. The number of hydrogen-bond acceptors (Lipinski definition) is 2. The van der Waals surface area contributed by atoms with Crippen LogP contribution in [0.25, 0.3) is 6.08 Å². The van der Waals surface area contributed by atoms with E-state index < -0.39 is 0 Å². The first-order chi connectivity index (χ1) is 10.3. The minimum Gasteiger partial charge on any atom is -0.319 e. The van der Waals surface area contributed by atoms with Crippen LogP contribution in [-0.4, -0.2) is 35.5 Å². The van der Waals surface area contributed by atoms with Gasteiger partial charge in [0, 0.05) is 37.7 Å². The molecule has 1 aromatic heterocycles. The summed E-state index contributed by atoms with van der Waals surface area (Å²) in [7, 11) is 0. The van der Waals surface area contributed by atoms with Gasteiger partial charge in [0.2, 0.25) is 0 Å². The second-order valence-corrected chi connectivity index (χ2v) is 4.90. The molecule has 0 spiro atoms. The van der Waals surface area contributed by atoms with E-state index in [2.05, 4.69) is 4.98 Å². The van der Waals surface area contributed by atoms with E-state index >= 15 is 0 Å². The molecule has 106 valence electrons. The lowest BCUT2D eigenvalue weighted by atomic mass is 10.2. The lowest BCUT2D eigenvalue weighted by Crippen LogP contribution is -2.31. The molecule has 2 heterocycles. The molecular weight excluding hydrogens is 262 g/mol. The Morgan fingerprint density at radius 2 is 1.81 bits per heavy atom. The van der Waals surface area contributed by atoms with Crippen LogP contribution in [0.1, 0.15) is 5.56 Å². The Bertz CT molecular complexity index is 625. The average Bonchev–Trinajstić information content (AvgIpc) is 2.90. The number of hydrogen-bond donors (Lipinski definition) is 0. The number of carbonyl (C=O) groups excluding carboxylic acids is 1. The van der Waals surface area contributed by atoms with Crippen LogP contribution >= 0.6 is 0 Å². The Hall–Kier alpha value is -2.62. The Morgan fingerprint density at radius 3 is 2.57 bits per heavy atom. The van der Waals surface area contributed by atoms with Gasteiger partial charge in [-0.1, -0.05) is 42.5 Å². The van der Waals surface area contributed by atoms with Crippen LogP contribution in [0.5, 0.6) is 0 Å². The third-order valence-electron chi connectivity index (χ3n) is 3.51. The van der Waals surface area contributed by atoms with Gasteiger partial charge in [-0.05, 0) is 17.7 Å². The van der Waals surface area contributed by atoms with E-state index in [0.717, 1.165) is 24.3 Å². The van der Waals surface area contributed by atoms with Crippen molar-refractivity contribution in [1.82, 2.24) is 9.88 Å². The molecule has 1 aromatic carbocycles. The molecule has 4 heteroatoms. The fraction of sp³-hybridized carbons (Fsp3) is 0.176. The third-order valence-corrected chi connectivity index (χ3v) is 3.51. The molecule has 0 unspecified atom stereocenters. The van der Waals surface area contributed by atoms with Gasteiger partial charge in [-0.2, -0.15) is 0 Å². The van der Waals surface area contributed by atoms with Crippen molar-refractivity contribution in [3.63, 3.8) is 0 Å².